The van der Waals surface area contributed by atoms with Gasteiger partial charge in [0.25, 0.3) is 0 Å². The molecule has 0 radical (unpaired) electrons. The van der Waals surface area contributed by atoms with Crippen molar-refractivity contribution >= 4 is 29.4 Å². The van der Waals surface area contributed by atoms with Crippen molar-refractivity contribution in [3.05, 3.63) is 35.4 Å². The molecule has 0 aliphatic carbocycles. The summed E-state index contributed by atoms with van der Waals surface area (Å²) < 4.78 is 0. The maximum atomic E-state index is 5.92. The van der Waals surface area contributed by atoms with E-state index in [1.807, 2.05) is 24.5 Å². The summed E-state index contributed by atoms with van der Waals surface area (Å²) in [5.74, 6) is 0. The topological polar surface area (TPSA) is 0 Å². The normalized spacial score (nSPS) is 9.64. The van der Waals surface area contributed by atoms with Gasteiger partial charge in [-0.15, -0.1) is 11.8 Å². The maximum absolute atomic E-state index is 5.92. The van der Waals surface area contributed by atoms with Crippen molar-refractivity contribution < 1.29 is 0 Å². The van der Waals surface area contributed by atoms with Crippen molar-refractivity contribution in [3.8, 4) is 0 Å². The van der Waals surface area contributed by atoms with Crippen LogP contribution < -0.4 is 0 Å². The van der Waals surface area contributed by atoms with E-state index >= 15 is 0 Å². The third-order valence-corrected chi connectivity index (χ3v) is 2.48. The van der Waals surface area contributed by atoms with E-state index in [0.717, 1.165) is 10.6 Å². The van der Waals surface area contributed by atoms with Crippen LogP contribution in [0.2, 0.25) is 5.02 Å². The minimum atomic E-state index is 0.770. The lowest BCUT2D eigenvalue weighted by Crippen LogP contribution is -1.75. The molecule has 1 aromatic carbocycles. The highest BCUT2D eigenvalue weighted by Crippen LogP contribution is 2.23. The quantitative estimate of drug-likeness (QED) is 0.632. The minimum absolute atomic E-state index is 0.770. The van der Waals surface area contributed by atoms with Gasteiger partial charge in [-0.3, -0.25) is 0 Å². The zero-order chi connectivity index (χ0) is 8.27. The molecule has 0 amide bonds. The van der Waals surface area contributed by atoms with Crippen LogP contribution in [-0.2, 0) is 0 Å². The van der Waals surface area contributed by atoms with Crippen molar-refractivity contribution in [3.63, 3.8) is 0 Å². The number of rotatable bonds is 2. The fraction of sp³-hybridized carbons (Fsp3) is 0.111. The molecule has 0 saturated heterocycles. The Balaban J connectivity index is 3.09. The fourth-order valence-corrected chi connectivity index (χ4v) is 1.56. The van der Waals surface area contributed by atoms with Crippen LogP contribution in [0.1, 0.15) is 5.56 Å². The average molecular weight is 185 g/mol. The standard InChI is InChI=1S/C9H9ClS/c1-3-7-4-5-8(11-2)6-9(7)10/h3-6H,1H2,2H3. The number of hydrogen-bond donors (Lipinski definition) is 0. The van der Waals surface area contributed by atoms with Crippen LogP contribution in [0.15, 0.2) is 29.7 Å². The lowest BCUT2D eigenvalue weighted by Gasteiger charge is -1.99. The van der Waals surface area contributed by atoms with E-state index in [2.05, 4.69) is 6.58 Å². The van der Waals surface area contributed by atoms with Gasteiger partial charge in [0, 0.05) is 9.92 Å². The van der Waals surface area contributed by atoms with Gasteiger partial charge in [0.05, 0.1) is 0 Å². The summed E-state index contributed by atoms with van der Waals surface area (Å²) in [6.45, 7) is 3.66. The molecule has 58 valence electrons. The smallest absolute Gasteiger partial charge is 0.0489 e. The van der Waals surface area contributed by atoms with Crippen molar-refractivity contribution in [1.82, 2.24) is 0 Å². The molecule has 1 aromatic rings. The van der Waals surface area contributed by atoms with Gasteiger partial charge in [0.1, 0.15) is 0 Å². The van der Waals surface area contributed by atoms with Crippen LogP contribution in [0.4, 0.5) is 0 Å². The van der Waals surface area contributed by atoms with E-state index in [1.54, 1.807) is 17.8 Å². The number of hydrogen-bond acceptors (Lipinski definition) is 1. The SMILES string of the molecule is C=Cc1ccc(SC)cc1Cl. The van der Waals surface area contributed by atoms with Gasteiger partial charge in [0.2, 0.25) is 0 Å². The first kappa shape index (κ1) is 8.69. The highest BCUT2D eigenvalue weighted by molar-refractivity contribution is 7.98. The molecule has 0 heterocycles. The molecule has 0 spiro atoms. The van der Waals surface area contributed by atoms with Gasteiger partial charge in [-0.1, -0.05) is 30.3 Å². The second kappa shape index (κ2) is 3.84. The van der Waals surface area contributed by atoms with Crippen LogP contribution in [-0.4, -0.2) is 6.26 Å². The lowest BCUT2D eigenvalue weighted by atomic mass is 10.2. The summed E-state index contributed by atoms with van der Waals surface area (Å²) in [6.07, 6.45) is 3.78. The molecule has 0 saturated carbocycles. The van der Waals surface area contributed by atoms with Crippen LogP contribution >= 0.6 is 23.4 Å². The lowest BCUT2D eigenvalue weighted by molar-refractivity contribution is 1.45. The summed E-state index contributed by atoms with van der Waals surface area (Å²) in [4.78, 5) is 1.18. The summed E-state index contributed by atoms with van der Waals surface area (Å²) in [5, 5.41) is 0.770. The zero-order valence-electron chi connectivity index (χ0n) is 6.30. The highest BCUT2D eigenvalue weighted by Gasteiger charge is 1.96. The molecule has 0 atom stereocenters. The summed E-state index contributed by atoms with van der Waals surface area (Å²) in [6, 6.07) is 5.96. The first-order valence-corrected chi connectivity index (χ1v) is 4.84. The highest BCUT2D eigenvalue weighted by atomic mass is 35.5. The predicted octanol–water partition coefficient (Wildman–Crippen LogP) is 3.70. The van der Waals surface area contributed by atoms with E-state index in [0.29, 0.717) is 0 Å². The Bertz CT molecular complexity index is 268. The summed E-state index contributed by atoms with van der Waals surface area (Å²) in [7, 11) is 0. The number of thioether (sulfide) groups is 1. The number of benzene rings is 1. The molecule has 0 nitrogen and oxygen atoms in total. The molecule has 0 bridgehead atoms. The first-order chi connectivity index (χ1) is 5.27. The third-order valence-electron chi connectivity index (χ3n) is 1.43. The van der Waals surface area contributed by atoms with Crippen LogP contribution in [0.5, 0.6) is 0 Å². The first-order valence-electron chi connectivity index (χ1n) is 3.24. The van der Waals surface area contributed by atoms with E-state index in [1.165, 1.54) is 4.90 Å². The van der Waals surface area contributed by atoms with Crippen LogP contribution in [0, 0.1) is 0 Å². The molecule has 1 rings (SSSR count). The predicted molar refractivity (Wildman–Crippen MR) is 53.3 cm³/mol. The van der Waals surface area contributed by atoms with Crippen molar-refractivity contribution in [2.45, 2.75) is 4.90 Å². The Morgan fingerprint density at radius 3 is 2.73 bits per heavy atom. The van der Waals surface area contributed by atoms with Crippen molar-refractivity contribution in [2.24, 2.45) is 0 Å². The molecule has 2 heteroatoms. The van der Waals surface area contributed by atoms with E-state index in [9.17, 15) is 0 Å². The van der Waals surface area contributed by atoms with Gasteiger partial charge in [0.15, 0.2) is 0 Å². The Morgan fingerprint density at radius 1 is 1.55 bits per heavy atom. The van der Waals surface area contributed by atoms with Crippen molar-refractivity contribution in [1.29, 1.82) is 0 Å². The molecule has 0 aromatic heterocycles. The Hall–Kier alpha value is -0.400. The second-order valence-corrected chi connectivity index (χ2v) is 3.38. The molecule has 0 fully saturated rings. The summed E-state index contributed by atoms with van der Waals surface area (Å²) in [5.41, 5.74) is 0.990. The molecular weight excluding hydrogens is 176 g/mol. The largest absolute Gasteiger partial charge is 0.130 e. The van der Waals surface area contributed by atoms with E-state index in [-0.39, 0.29) is 0 Å². The molecular formula is C9H9ClS. The third kappa shape index (κ3) is 2.01. The monoisotopic (exact) mass is 184 g/mol. The molecule has 0 aliphatic rings. The molecule has 0 unspecified atom stereocenters. The zero-order valence-corrected chi connectivity index (χ0v) is 7.88. The Kier molecular flexibility index (Phi) is 3.03. The van der Waals surface area contributed by atoms with Crippen LogP contribution in [0.25, 0.3) is 6.08 Å². The molecule has 11 heavy (non-hydrogen) atoms. The van der Waals surface area contributed by atoms with Gasteiger partial charge in [-0.2, -0.15) is 0 Å². The van der Waals surface area contributed by atoms with E-state index in [4.69, 9.17) is 11.6 Å². The van der Waals surface area contributed by atoms with Crippen LogP contribution in [0.3, 0.4) is 0 Å². The van der Waals surface area contributed by atoms with Gasteiger partial charge >= 0.3 is 0 Å². The molecule has 0 aliphatic heterocycles. The maximum Gasteiger partial charge on any atom is 0.0489 e. The Labute approximate surface area is 76.3 Å². The number of halogens is 1. The van der Waals surface area contributed by atoms with Gasteiger partial charge in [-0.25, -0.2) is 0 Å². The minimum Gasteiger partial charge on any atom is -0.130 e. The van der Waals surface area contributed by atoms with E-state index < -0.39 is 0 Å². The second-order valence-electron chi connectivity index (χ2n) is 2.09. The fourth-order valence-electron chi connectivity index (χ4n) is 0.800. The molecule has 0 N–H and O–H groups in total. The average Bonchev–Trinajstić information content (AvgIpc) is 2.04. The van der Waals surface area contributed by atoms with Gasteiger partial charge in [-0.05, 0) is 24.0 Å². The summed E-state index contributed by atoms with van der Waals surface area (Å²) >= 11 is 7.61. The van der Waals surface area contributed by atoms with Gasteiger partial charge < -0.3 is 0 Å². The Morgan fingerprint density at radius 2 is 2.27 bits per heavy atom. The van der Waals surface area contributed by atoms with Crippen molar-refractivity contribution in [2.75, 3.05) is 6.26 Å².